The van der Waals surface area contributed by atoms with Crippen LogP contribution in [-0.2, 0) is 4.79 Å². The normalized spacial score (nSPS) is 12.1. The van der Waals surface area contributed by atoms with E-state index < -0.39 is 11.9 Å². The number of hydrogen-bond acceptors (Lipinski definition) is 2. The molecule has 0 radical (unpaired) electrons. The Morgan fingerprint density at radius 1 is 1.44 bits per heavy atom. The molecule has 1 atom stereocenters. The number of hydrogen-bond donors (Lipinski definition) is 2. The molecular weight excluding hydrogens is 204 g/mol. The van der Waals surface area contributed by atoms with Crippen LogP contribution in [0.2, 0.25) is 0 Å². The van der Waals surface area contributed by atoms with Crippen LogP contribution in [0.1, 0.15) is 31.2 Å². The smallest absolute Gasteiger partial charge is 0.311 e. The van der Waals surface area contributed by atoms with Gasteiger partial charge in [0.25, 0.3) is 0 Å². The van der Waals surface area contributed by atoms with E-state index in [9.17, 15) is 9.90 Å². The number of aromatic hydroxyl groups is 1. The molecule has 2 N–H and O–H groups in total. The van der Waals surface area contributed by atoms with Crippen molar-refractivity contribution in [2.75, 3.05) is 0 Å². The van der Waals surface area contributed by atoms with Crippen LogP contribution in [0.15, 0.2) is 36.4 Å². The zero-order valence-electron chi connectivity index (χ0n) is 9.31. The minimum atomic E-state index is -0.914. The summed E-state index contributed by atoms with van der Waals surface area (Å²) in [6.45, 7) is 5.61. The second kappa shape index (κ2) is 5.35. The van der Waals surface area contributed by atoms with Gasteiger partial charge in [-0.25, -0.2) is 0 Å². The van der Waals surface area contributed by atoms with E-state index in [2.05, 4.69) is 6.58 Å². The van der Waals surface area contributed by atoms with Gasteiger partial charge in [-0.3, -0.25) is 4.79 Å². The number of carboxylic acid groups (broad SMARTS) is 1. The largest absolute Gasteiger partial charge is 0.508 e. The van der Waals surface area contributed by atoms with Gasteiger partial charge in [0.15, 0.2) is 0 Å². The number of phenols is 1. The molecule has 3 nitrogen and oxygen atoms in total. The summed E-state index contributed by atoms with van der Waals surface area (Å²) < 4.78 is 0. The van der Waals surface area contributed by atoms with E-state index in [1.807, 2.05) is 6.92 Å². The lowest BCUT2D eigenvalue weighted by Crippen LogP contribution is -2.11. The molecule has 0 aliphatic heterocycles. The minimum absolute atomic E-state index is 0.0385. The van der Waals surface area contributed by atoms with Gasteiger partial charge in [-0.1, -0.05) is 23.8 Å². The Bertz CT molecular complexity index is 396. The average Bonchev–Trinajstić information content (AvgIpc) is 2.20. The first-order valence-electron chi connectivity index (χ1n) is 5.17. The Kier molecular flexibility index (Phi) is 4.11. The Hall–Kier alpha value is -1.77. The lowest BCUT2D eigenvalue weighted by Gasteiger charge is -2.13. The second-order valence-electron chi connectivity index (χ2n) is 3.95. The van der Waals surface area contributed by atoms with Crippen molar-refractivity contribution in [1.82, 2.24) is 0 Å². The molecule has 0 aliphatic rings. The molecule has 0 heterocycles. The third-order valence-corrected chi connectivity index (χ3v) is 2.47. The van der Waals surface area contributed by atoms with Crippen LogP contribution in [0.3, 0.4) is 0 Å². The molecule has 1 aromatic carbocycles. The van der Waals surface area contributed by atoms with Crippen molar-refractivity contribution >= 4 is 5.97 Å². The third-order valence-electron chi connectivity index (χ3n) is 2.47. The highest BCUT2D eigenvalue weighted by Gasteiger charge is 2.21. The first-order valence-corrected chi connectivity index (χ1v) is 5.17. The van der Waals surface area contributed by atoms with Crippen molar-refractivity contribution in [2.45, 2.75) is 25.7 Å². The van der Waals surface area contributed by atoms with Gasteiger partial charge in [0.2, 0.25) is 0 Å². The number of carbonyl (C=O) groups is 1. The van der Waals surface area contributed by atoms with Gasteiger partial charge in [-0.15, -0.1) is 6.58 Å². The van der Waals surface area contributed by atoms with Crippen LogP contribution >= 0.6 is 0 Å². The fourth-order valence-corrected chi connectivity index (χ4v) is 1.58. The van der Waals surface area contributed by atoms with E-state index in [-0.39, 0.29) is 5.75 Å². The summed E-state index contributed by atoms with van der Waals surface area (Å²) in [6.07, 6.45) is 1.10. The van der Waals surface area contributed by atoms with Crippen LogP contribution in [0, 0.1) is 0 Å². The van der Waals surface area contributed by atoms with Gasteiger partial charge in [0.1, 0.15) is 5.75 Å². The molecule has 0 bridgehead atoms. The molecule has 0 saturated carbocycles. The van der Waals surface area contributed by atoms with E-state index in [0.717, 1.165) is 5.57 Å². The summed E-state index contributed by atoms with van der Waals surface area (Å²) in [5, 5.41) is 18.7. The Labute approximate surface area is 95.0 Å². The standard InChI is InChI=1S/C13H16O3/c1-9(2)7-8-11(13(15)16)10-5-3-4-6-12(10)14/h3-6,11,14H,1,7-8H2,2H3,(H,15,16). The van der Waals surface area contributed by atoms with Crippen molar-refractivity contribution in [3.63, 3.8) is 0 Å². The molecule has 16 heavy (non-hydrogen) atoms. The Morgan fingerprint density at radius 2 is 2.06 bits per heavy atom. The number of benzene rings is 1. The summed E-state index contributed by atoms with van der Waals surface area (Å²) >= 11 is 0. The third kappa shape index (κ3) is 3.12. The van der Waals surface area contributed by atoms with Crippen molar-refractivity contribution in [3.05, 3.63) is 42.0 Å². The molecule has 1 unspecified atom stereocenters. The van der Waals surface area contributed by atoms with E-state index in [1.54, 1.807) is 18.2 Å². The summed E-state index contributed by atoms with van der Waals surface area (Å²) in [4.78, 5) is 11.1. The van der Waals surface area contributed by atoms with Gasteiger partial charge in [-0.2, -0.15) is 0 Å². The Balaban J connectivity index is 2.90. The molecule has 3 heteroatoms. The van der Waals surface area contributed by atoms with Crippen molar-refractivity contribution in [1.29, 1.82) is 0 Å². The molecule has 86 valence electrons. The van der Waals surface area contributed by atoms with Gasteiger partial charge in [0, 0.05) is 5.56 Å². The monoisotopic (exact) mass is 220 g/mol. The van der Waals surface area contributed by atoms with Gasteiger partial charge in [0.05, 0.1) is 5.92 Å². The van der Waals surface area contributed by atoms with Crippen LogP contribution in [0.4, 0.5) is 0 Å². The van der Waals surface area contributed by atoms with E-state index >= 15 is 0 Å². The highest BCUT2D eigenvalue weighted by molar-refractivity contribution is 5.77. The molecular formula is C13H16O3. The fraction of sp³-hybridized carbons (Fsp3) is 0.308. The molecule has 1 rings (SSSR count). The zero-order valence-corrected chi connectivity index (χ0v) is 9.31. The van der Waals surface area contributed by atoms with Gasteiger partial charge >= 0.3 is 5.97 Å². The predicted molar refractivity (Wildman–Crippen MR) is 62.5 cm³/mol. The average molecular weight is 220 g/mol. The number of carboxylic acids is 1. The summed E-state index contributed by atoms with van der Waals surface area (Å²) in [7, 11) is 0. The zero-order chi connectivity index (χ0) is 12.1. The minimum Gasteiger partial charge on any atom is -0.508 e. The molecule has 0 spiro atoms. The van der Waals surface area contributed by atoms with E-state index in [4.69, 9.17) is 5.11 Å². The van der Waals surface area contributed by atoms with Crippen molar-refractivity contribution < 1.29 is 15.0 Å². The van der Waals surface area contributed by atoms with Crippen molar-refractivity contribution in [2.24, 2.45) is 0 Å². The van der Waals surface area contributed by atoms with Gasteiger partial charge in [-0.05, 0) is 25.8 Å². The molecule has 1 aromatic rings. The number of rotatable bonds is 5. The SMILES string of the molecule is C=C(C)CCC(C(=O)O)c1ccccc1O. The lowest BCUT2D eigenvalue weighted by molar-refractivity contribution is -0.139. The Morgan fingerprint density at radius 3 is 2.56 bits per heavy atom. The molecule has 0 amide bonds. The molecule has 0 fully saturated rings. The number of aliphatic carboxylic acids is 1. The maximum Gasteiger partial charge on any atom is 0.311 e. The summed E-state index contributed by atoms with van der Waals surface area (Å²) in [5.74, 6) is -1.54. The topological polar surface area (TPSA) is 57.5 Å². The quantitative estimate of drug-likeness (QED) is 0.750. The van der Waals surface area contributed by atoms with Crippen LogP contribution in [0.25, 0.3) is 0 Å². The number of phenolic OH excluding ortho intramolecular Hbond substituents is 1. The van der Waals surface area contributed by atoms with Gasteiger partial charge < -0.3 is 10.2 Å². The number of para-hydroxylation sites is 1. The lowest BCUT2D eigenvalue weighted by atomic mass is 9.92. The highest BCUT2D eigenvalue weighted by Crippen LogP contribution is 2.29. The summed E-state index contributed by atoms with van der Waals surface area (Å²) in [5.41, 5.74) is 1.41. The molecule has 0 aliphatic carbocycles. The first kappa shape index (κ1) is 12.3. The van der Waals surface area contributed by atoms with Crippen molar-refractivity contribution in [3.8, 4) is 5.75 Å². The van der Waals surface area contributed by atoms with Crippen LogP contribution in [-0.4, -0.2) is 16.2 Å². The highest BCUT2D eigenvalue weighted by atomic mass is 16.4. The van der Waals surface area contributed by atoms with Crippen LogP contribution in [0.5, 0.6) is 5.75 Å². The molecule has 0 aromatic heterocycles. The fourth-order valence-electron chi connectivity index (χ4n) is 1.58. The molecule has 0 saturated heterocycles. The second-order valence-corrected chi connectivity index (χ2v) is 3.95. The maximum absolute atomic E-state index is 11.1. The predicted octanol–water partition coefficient (Wildman–Crippen LogP) is 2.92. The first-order chi connectivity index (χ1) is 7.52. The summed E-state index contributed by atoms with van der Waals surface area (Å²) in [6, 6.07) is 6.56. The van der Waals surface area contributed by atoms with E-state index in [0.29, 0.717) is 18.4 Å². The number of allylic oxidation sites excluding steroid dienone is 1. The van der Waals surface area contributed by atoms with E-state index in [1.165, 1.54) is 6.07 Å². The maximum atomic E-state index is 11.1. The van der Waals surface area contributed by atoms with Crippen LogP contribution < -0.4 is 0 Å².